The van der Waals surface area contributed by atoms with Crippen LogP contribution in [0.1, 0.15) is 23.0 Å². The Morgan fingerprint density at radius 1 is 1.42 bits per heavy atom. The van der Waals surface area contributed by atoms with Crippen LogP contribution in [0.5, 0.6) is 5.75 Å². The van der Waals surface area contributed by atoms with E-state index in [1.54, 1.807) is 39.1 Å². The first-order chi connectivity index (χ1) is 11.4. The Kier molecular flexibility index (Phi) is 5.66. The molecule has 5 nitrogen and oxygen atoms in total. The number of hydrogen-bond acceptors (Lipinski definition) is 6. The second-order valence-corrected chi connectivity index (χ2v) is 5.45. The number of rotatable bonds is 5. The Morgan fingerprint density at radius 2 is 2.12 bits per heavy atom. The van der Waals surface area contributed by atoms with Gasteiger partial charge in [-0.15, -0.1) is 12.6 Å². The molecule has 24 heavy (non-hydrogen) atoms. The van der Waals surface area contributed by atoms with E-state index in [2.05, 4.69) is 22.9 Å². The summed E-state index contributed by atoms with van der Waals surface area (Å²) in [5.41, 5.74) is 1.76. The van der Waals surface area contributed by atoms with Crippen molar-refractivity contribution in [3.05, 3.63) is 35.3 Å². The molecule has 7 heteroatoms. The standard InChI is InChI=1S/C17H19FN2O3S/c1-5-23-17(21)14-16(24)12(19-3)8-11(20-14)10-7-6-9(2)15(22-4)13(10)18/h6-8,24H,5H2,1-4H3,(H,19,20). The summed E-state index contributed by atoms with van der Waals surface area (Å²) in [6, 6.07) is 4.96. The van der Waals surface area contributed by atoms with Crippen molar-refractivity contribution in [2.24, 2.45) is 0 Å². The maximum atomic E-state index is 14.7. The van der Waals surface area contributed by atoms with Gasteiger partial charge in [-0.25, -0.2) is 14.2 Å². The van der Waals surface area contributed by atoms with Crippen molar-refractivity contribution in [2.45, 2.75) is 18.7 Å². The van der Waals surface area contributed by atoms with E-state index in [1.165, 1.54) is 7.11 Å². The largest absolute Gasteiger partial charge is 0.493 e. The van der Waals surface area contributed by atoms with Crippen LogP contribution < -0.4 is 10.1 Å². The van der Waals surface area contributed by atoms with Crippen LogP contribution >= 0.6 is 12.6 Å². The summed E-state index contributed by atoms with van der Waals surface area (Å²) in [6.07, 6.45) is 0. The van der Waals surface area contributed by atoms with Crippen LogP contribution in [0.3, 0.4) is 0 Å². The number of esters is 1. The number of anilines is 1. The zero-order valence-electron chi connectivity index (χ0n) is 13.9. The van der Waals surface area contributed by atoms with Gasteiger partial charge in [0.2, 0.25) is 0 Å². The first-order valence-corrected chi connectivity index (χ1v) is 7.81. The molecule has 0 amide bonds. The molecule has 1 N–H and O–H groups in total. The summed E-state index contributed by atoms with van der Waals surface area (Å²) in [4.78, 5) is 16.7. The van der Waals surface area contributed by atoms with Crippen LogP contribution in [0.25, 0.3) is 11.3 Å². The SMILES string of the molecule is CCOC(=O)c1nc(-c2ccc(C)c(OC)c2F)cc(NC)c1S. The zero-order chi connectivity index (χ0) is 17.9. The molecule has 0 spiro atoms. The van der Waals surface area contributed by atoms with Gasteiger partial charge >= 0.3 is 5.97 Å². The van der Waals surface area contributed by atoms with Crippen LogP contribution in [0.15, 0.2) is 23.1 Å². The second-order valence-electron chi connectivity index (χ2n) is 5.00. The minimum Gasteiger partial charge on any atom is -0.493 e. The Balaban J connectivity index is 2.67. The molecule has 0 radical (unpaired) electrons. The molecular weight excluding hydrogens is 331 g/mol. The van der Waals surface area contributed by atoms with Gasteiger partial charge in [0.15, 0.2) is 17.3 Å². The summed E-state index contributed by atoms with van der Waals surface area (Å²) >= 11 is 4.32. The summed E-state index contributed by atoms with van der Waals surface area (Å²) in [7, 11) is 3.09. The molecule has 128 valence electrons. The van der Waals surface area contributed by atoms with Crippen LogP contribution in [-0.2, 0) is 4.74 Å². The molecule has 0 saturated carbocycles. The van der Waals surface area contributed by atoms with Crippen LogP contribution in [0.2, 0.25) is 0 Å². The highest BCUT2D eigenvalue weighted by Gasteiger charge is 2.21. The van der Waals surface area contributed by atoms with Crippen molar-refractivity contribution < 1.29 is 18.7 Å². The van der Waals surface area contributed by atoms with Crippen LogP contribution in [-0.4, -0.2) is 31.7 Å². The van der Waals surface area contributed by atoms with E-state index < -0.39 is 11.8 Å². The number of methoxy groups -OCH3 is 1. The number of aromatic nitrogens is 1. The molecule has 1 aromatic heterocycles. The average molecular weight is 350 g/mol. The Bertz CT molecular complexity index is 781. The lowest BCUT2D eigenvalue weighted by atomic mass is 10.1. The van der Waals surface area contributed by atoms with Crippen LogP contribution in [0, 0.1) is 12.7 Å². The fourth-order valence-corrected chi connectivity index (χ4v) is 2.63. The molecule has 2 rings (SSSR count). The predicted molar refractivity (Wildman–Crippen MR) is 93.7 cm³/mol. The van der Waals surface area contributed by atoms with E-state index in [9.17, 15) is 9.18 Å². The number of thiol groups is 1. The monoisotopic (exact) mass is 350 g/mol. The van der Waals surface area contributed by atoms with E-state index in [-0.39, 0.29) is 29.3 Å². The molecule has 1 aromatic carbocycles. The maximum absolute atomic E-state index is 14.7. The Hall–Kier alpha value is -2.28. The number of nitrogens with zero attached hydrogens (tertiary/aromatic N) is 1. The smallest absolute Gasteiger partial charge is 0.358 e. The fourth-order valence-electron chi connectivity index (χ4n) is 2.31. The number of pyridine rings is 1. The third kappa shape index (κ3) is 3.31. The molecule has 2 aromatic rings. The summed E-state index contributed by atoms with van der Waals surface area (Å²) in [6.45, 7) is 3.65. The van der Waals surface area contributed by atoms with Crippen molar-refractivity contribution in [3.8, 4) is 17.0 Å². The first kappa shape index (κ1) is 18.1. The summed E-state index contributed by atoms with van der Waals surface area (Å²) in [5.74, 6) is -0.998. The van der Waals surface area contributed by atoms with E-state index >= 15 is 0 Å². The van der Waals surface area contributed by atoms with Crippen molar-refractivity contribution >= 4 is 24.3 Å². The lowest BCUT2D eigenvalue weighted by molar-refractivity contribution is 0.0515. The van der Waals surface area contributed by atoms with Gasteiger partial charge in [-0.1, -0.05) is 6.07 Å². The first-order valence-electron chi connectivity index (χ1n) is 7.36. The van der Waals surface area contributed by atoms with E-state index in [4.69, 9.17) is 9.47 Å². The number of carbonyl (C=O) groups is 1. The third-order valence-electron chi connectivity index (χ3n) is 3.50. The topological polar surface area (TPSA) is 60.5 Å². The van der Waals surface area contributed by atoms with E-state index in [0.717, 1.165) is 0 Å². The van der Waals surface area contributed by atoms with Crippen LogP contribution in [0.4, 0.5) is 10.1 Å². The zero-order valence-corrected chi connectivity index (χ0v) is 14.8. The average Bonchev–Trinajstić information content (AvgIpc) is 2.56. The van der Waals surface area contributed by atoms with Crippen molar-refractivity contribution in [1.29, 1.82) is 0 Å². The molecule has 0 saturated heterocycles. The highest BCUT2D eigenvalue weighted by Crippen LogP contribution is 2.34. The number of hydrogen-bond donors (Lipinski definition) is 2. The molecule has 0 bridgehead atoms. The van der Waals surface area contributed by atoms with Crippen molar-refractivity contribution in [1.82, 2.24) is 4.98 Å². The maximum Gasteiger partial charge on any atom is 0.358 e. The summed E-state index contributed by atoms with van der Waals surface area (Å²) < 4.78 is 24.8. The Labute approximate surface area is 145 Å². The number of nitrogens with one attached hydrogen (secondary N) is 1. The van der Waals surface area contributed by atoms with Gasteiger partial charge in [-0.05, 0) is 31.5 Å². The molecule has 1 heterocycles. The van der Waals surface area contributed by atoms with Gasteiger partial charge in [-0.2, -0.15) is 0 Å². The normalized spacial score (nSPS) is 10.4. The minimum atomic E-state index is -0.611. The van der Waals surface area contributed by atoms with Gasteiger partial charge in [0.25, 0.3) is 0 Å². The highest BCUT2D eigenvalue weighted by molar-refractivity contribution is 7.80. The molecule has 0 aliphatic carbocycles. The number of aryl methyl sites for hydroxylation is 1. The number of ether oxygens (including phenoxy) is 2. The predicted octanol–water partition coefficient (Wildman–Crippen LogP) is 3.71. The lowest BCUT2D eigenvalue weighted by Crippen LogP contribution is -2.11. The van der Waals surface area contributed by atoms with Crippen molar-refractivity contribution in [3.63, 3.8) is 0 Å². The number of benzene rings is 1. The molecule has 0 atom stereocenters. The Morgan fingerprint density at radius 3 is 2.71 bits per heavy atom. The van der Waals surface area contributed by atoms with E-state index in [0.29, 0.717) is 16.1 Å². The highest BCUT2D eigenvalue weighted by atomic mass is 32.1. The molecular formula is C17H19FN2O3S. The number of halogens is 1. The fraction of sp³-hybridized carbons (Fsp3) is 0.294. The van der Waals surface area contributed by atoms with Gasteiger partial charge in [-0.3, -0.25) is 0 Å². The second kappa shape index (κ2) is 7.53. The molecule has 0 aliphatic heterocycles. The van der Waals surface area contributed by atoms with Crippen molar-refractivity contribution in [2.75, 3.05) is 26.1 Å². The quantitative estimate of drug-likeness (QED) is 0.636. The van der Waals surface area contributed by atoms with Gasteiger partial charge in [0, 0.05) is 12.6 Å². The van der Waals surface area contributed by atoms with Gasteiger partial charge in [0.1, 0.15) is 0 Å². The molecule has 0 unspecified atom stereocenters. The van der Waals surface area contributed by atoms with Gasteiger partial charge < -0.3 is 14.8 Å². The number of carbonyl (C=O) groups excluding carboxylic acids is 1. The lowest BCUT2D eigenvalue weighted by Gasteiger charge is -2.14. The molecule has 0 aliphatic rings. The summed E-state index contributed by atoms with van der Waals surface area (Å²) in [5, 5.41) is 2.92. The minimum absolute atomic E-state index is 0.0287. The third-order valence-corrected chi connectivity index (χ3v) is 3.96. The molecule has 0 fully saturated rings. The van der Waals surface area contributed by atoms with E-state index in [1.807, 2.05) is 0 Å². The van der Waals surface area contributed by atoms with Gasteiger partial charge in [0.05, 0.1) is 30.0 Å².